The van der Waals surface area contributed by atoms with Crippen molar-refractivity contribution in [1.29, 1.82) is 0 Å². The van der Waals surface area contributed by atoms with Crippen molar-refractivity contribution >= 4 is 22.9 Å². The zero-order chi connectivity index (χ0) is 30.5. The molecule has 1 saturated heterocycles. The zero-order valence-corrected chi connectivity index (χ0v) is 24.6. The van der Waals surface area contributed by atoms with Gasteiger partial charge in [0.1, 0.15) is 11.3 Å². The third-order valence-corrected chi connectivity index (χ3v) is 8.91. The molecule has 2 atom stereocenters. The molecule has 6 aromatic rings. The Hall–Kier alpha value is -5.65. The molecular weight excluding hydrogens is 566 g/mol. The highest BCUT2D eigenvalue weighted by Gasteiger charge is 2.30. The first kappa shape index (κ1) is 26.9. The minimum Gasteiger partial charge on any atom is -0.383 e. The van der Waals surface area contributed by atoms with Gasteiger partial charge in [-0.15, -0.1) is 5.10 Å². The molecule has 12 heteroatoms. The maximum absolute atomic E-state index is 12.2. The number of benzene rings is 1. The Morgan fingerprint density at radius 1 is 1.07 bits per heavy atom. The number of carbonyl (C=O) groups is 1. The minimum absolute atomic E-state index is 0.0273. The molecule has 1 aromatic carbocycles. The number of aromatic nitrogens is 9. The van der Waals surface area contributed by atoms with Crippen molar-refractivity contribution in [3.63, 3.8) is 0 Å². The molecule has 1 amide bonds. The molecule has 1 fully saturated rings. The van der Waals surface area contributed by atoms with Gasteiger partial charge in [0.2, 0.25) is 5.91 Å². The lowest BCUT2D eigenvalue weighted by atomic mass is 9.95. The van der Waals surface area contributed by atoms with Gasteiger partial charge >= 0.3 is 0 Å². The maximum Gasteiger partial charge on any atom is 0.245 e. The summed E-state index contributed by atoms with van der Waals surface area (Å²) in [4.78, 5) is 28.3. The van der Waals surface area contributed by atoms with E-state index in [0.717, 1.165) is 54.7 Å². The number of pyridine rings is 2. The Kier molecular flexibility index (Phi) is 6.47. The number of likely N-dealkylation sites (tertiary alicyclic amines) is 1. The first-order chi connectivity index (χ1) is 22.1. The second-order valence-corrected chi connectivity index (χ2v) is 11.6. The standard InChI is InChI=1S/C33H31N11O/c1-2-30(45)41-16-4-6-22(19-41)27-20-43(40-39-27)28-12-8-21-18-23(9-10-24(21)28)44-32(25-7-3-14-35-31(25)34)37-26-11-13-29(38-33(26)44)42-17-5-15-36-42/h2-3,5,7,9-11,13-15,17-18,20,22,28H,1,4,6,8,12,16,19H2,(H2,34,35). The molecule has 2 N–H and O–H groups in total. The number of imidazole rings is 1. The number of nitrogens with zero attached hydrogens (tertiary/aromatic N) is 10. The number of anilines is 1. The van der Waals surface area contributed by atoms with Crippen LogP contribution in [-0.2, 0) is 11.2 Å². The highest BCUT2D eigenvalue weighted by molar-refractivity contribution is 5.87. The largest absolute Gasteiger partial charge is 0.383 e. The van der Waals surface area contributed by atoms with E-state index >= 15 is 0 Å². The average molecular weight is 598 g/mol. The summed E-state index contributed by atoms with van der Waals surface area (Å²) in [6, 6.07) is 16.1. The fourth-order valence-corrected chi connectivity index (χ4v) is 6.68. The fourth-order valence-electron chi connectivity index (χ4n) is 6.68. The molecule has 8 rings (SSSR count). The lowest BCUT2D eigenvalue weighted by Gasteiger charge is -2.31. The molecule has 224 valence electrons. The van der Waals surface area contributed by atoms with E-state index in [9.17, 15) is 4.79 Å². The summed E-state index contributed by atoms with van der Waals surface area (Å²) in [5, 5.41) is 13.5. The van der Waals surface area contributed by atoms with Crippen molar-refractivity contribution in [2.45, 2.75) is 37.6 Å². The number of rotatable bonds is 6. The molecule has 0 saturated carbocycles. The summed E-state index contributed by atoms with van der Waals surface area (Å²) in [5.41, 5.74) is 12.9. The summed E-state index contributed by atoms with van der Waals surface area (Å²) in [5.74, 6) is 1.91. The molecule has 5 aromatic heterocycles. The van der Waals surface area contributed by atoms with Crippen molar-refractivity contribution in [1.82, 2.24) is 49.2 Å². The summed E-state index contributed by atoms with van der Waals surface area (Å²) >= 11 is 0. The molecule has 2 unspecified atom stereocenters. The number of amides is 1. The van der Waals surface area contributed by atoms with Crippen LogP contribution in [0.25, 0.3) is 34.1 Å². The van der Waals surface area contributed by atoms with E-state index in [-0.39, 0.29) is 17.9 Å². The smallest absolute Gasteiger partial charge is 0.245 e. The van der Waals surface area contributed by atoms with Crippen LogP contribution < -0.4 is 5.73 Å². The van der Waals surface area contributed by atoms with E-state index in [4.69, 9.17) is 15.7 Å². The zero-order valence-electron chi connectivity index (χ0n) is 24.6. The van der Waals surface area contributed by atoms with Gasteiger partial charge in [-0.1, -0.05) is 17.9 Å². The maximum atomic E-state index is 12.2. The number of carbonyl (C=O) groups excluding carboxylic acids is 1. The van der Waals surface area contributed by atoms with E-state index in [0.29, 0.717) is 29.7 Å². The predicted molar refractivity (Wildman–Crippen MR) is 169 cm³/mol. The Bertz CT molecular complexity index is 2060. The lowest BCUT2D eigenvalue weighted by Crippen LogP contribution is -2.38. The first-order valence-electron chi connectivity index (χ1n) is 15.1. The monoisotopic (exact) mass is 597 g/mol. The Labute approximate surface area is 258 Å². The van der Waals surface area contributed by atoms with Crippen LogP contribution in [0.1, 0.15) is 48.0 Å². The van der Waals surface area contributed by atoms with Gasteiger partial charge in [-0.2, -0.15) is 5.10 Å². The van der Waals surface area contributed by atoms with Crippen LogP contribution in [0, 0.1) is 0 Å². The molecular formula is C33H31N11O. The number of nitrogens with two attached hydrogens (primary N) is 1. The van der Waals surface area contributed by atoms with Gasteiger partial charge in [-0.3, -0.25) is 9.36 Å². The quantitative estimate of drug-likeness (QED) is 0.281. The average Bonchev–Trinajstić information content (AvgIpc) is 3.90. The highest BCUT2D eigenvalue weighted by atomic mass is 16.2. The number of fused-ring (bicyclic) bond motifs is 2. The Balaban J connectivity index is 1.16. The van der Waals surface area contributed by atoms with Crippen LogP contribution in [0.2, 0.25) is 0 Å². The van der Waals surface area contributed by atoms with Crippen LogP contribution in [0.4, 0.5) is 5.82 Å². The number of aryl methyl sites for hydroxylation is 1. The molecule has 0 bridgehead atoms. The van der Waals surface area contributed by atoms with Gasteiger partial charge in [0.25, 0.3) is 0 Å². The lowest BCUT2D eigenvalue weighted by molar-refractivity contribution is -0.127. The fraction of sp³-hybridized carbons (Fsp3) is 0.242. The summed E-state index contributed by atoms with van der Waals surface area (Å²) in [6.07, 6.45) is 12.5. The van der Waals surface area contributed by atoms with Crippen molar-refractivity contribution in [2.75, 3.05) is 18.8 Å². The molecule has 2 aliphatic rings. The third-order valence-electron chi connectivity index (χ3n) is 8.91. The van der Waals surface area contributed by atoms with Crippen molar-refractivity contribution in [2.24, 2.45) is 0 Å². The third kappa shape index (κ3) is 4.65. The Morgan fingerprint density at radius 3 is 2.84 bits per heavy atom. The van der Waals surface area contributed by atoms with Crippen molar-refractivity contribution in [3.8, 4) is 22.9 Å². The molecule has 0 spiro atoms. The molecule has 1 aliphatic heterocycles. The summed E-state index contributed by atoms with van der Waals surface area (Å²) in [7, 11) is 0. The van der Waals surface area contributed by atoms with E-state index in [1.54, 1.807) is 17.1 Å². The molecule has 6 heterocycles. The molecule has 0 radical (unpaired) electrons. The van der Waals surface area contributed by atoms with E-state index < -0.39 is 0 Å². The van der Waals surface area contributed by atoms with Crippen LogP contribution in [0.15, 0.2) is 86.0 Å². The summed E-state index contributed by atoms with van der Waals surface area (Å²) < 4.78 is 5.77. The van der Waals surface area contributed by atoms with Crippen molar-refractivity contribution in [3.05, 3.63) is 103 Å². The first-order valence-corrected chi connectivity index (χ1v) is 15.1. The van der Waals surface area contributed by atoms with E-state index in [1.165, 1.54) is 17.2 Å². The topological polar surface area (TPSA) is 138 Å². The van der Waals surface area contributed by atoms with Gasteiger partial charge in [-0.25, -0.2) is 24.3 Å². The number of nitrogen functional groups attached to an aromatic ring is 1. The van der Waals surface area contributed by atoms with Gasteiger partial charge < -0.3 is 10.6 Å². The summed E-state index contributed by atoms with van der Waals surface area (Å²) in [6.45, 7) is 5.05. The minimum atomic E-state index is -0.0273. The molecule has 1 aliphatic carbocycles. The molecule has 45 heavy (non-hydrogen) atoms. The number of piperidine rings is 1. The van der Waals surface area contributed by atoms with Crippen LogP contribution in [-0.4, -0.2) is 68.2 Å². The Morgan fingerprint density at radius 2 is 2.00 bits per heavy atom. The van der Waals surface area contributed by atoms with Crippen molar-refractivity contribution < 1.29 is 4.79 Å². The van der Waals surface area contributed by atoms with Crippen LogP contribution >= 0.6 is 0 Å². The normalized spacial score (nSPS) is 17.9. The molecule has 12 nitrogen and oxygen atoms in total. The second kappa shape index (κ2) is 10.8. The van der Waals surface area contributed by atoms with Gasteiger partial charge in [-0.05, 0) is 85.4 Å². The second-order valence-electron chi connectivity index (χ2n) is 11.6. The van der Waals surface area contributed by atoms with Gasteiger partial charge in [0.05, 0.1) is 17.3 Å². The van der Waals surface area contributed by atoms with E-state index in [2.05, 4.69) is 55.9 Å². The van der Waals surface area contributed by atoms with Gasteiger partial charge in [0, 0.05) is 49.5 Å². The van der Waals surface area contributed by atoms with Gasteiger partial charge in [0.15, 0.2) is 17.3 Å². The van der Waals surface area contributed by atoms with Crippen LogP contribution in [0.5, 0.6) is 0 Å². The highest BCUT2D eigenvalue weighted by Crippen LogP contribution is 2.38. The van der Waals surface area contributed by atoms with Crippen LogP contribution in [0.3, 0.4) is 0 Å². The predicted octanol–water partition coefficient (Wildman–Crippen LogP) is 4.27. The van der Waals surface area contributed by atoms with E-state index in [1.807, 2.05) is 46.1 Å². The SMILES string of the molecule is C=CC(=O)N1CCCC(c2cn(C3CCc4cc(-n5c(-c6cccnc6N)nc6ccc(-n7cccn7)nc65)ccc43)nn2)C1. The number of hydrogen-bond donors (Lipinski definition) is 1. The number of hydrogen-bond acceptors (Lipinski definition) is 8.